The normalized spacial score (nSPS) is 11.9. The average Bonchev–Trinajstić information content (AvgIpc) is 1.44. The molecular weight excluding hydrogens is 1500 g/mol. The van der Waals surface area contributed by atoms with Crippen LogP contribution in [0.15, 0.2) is 345 Å². The van der Waals surface area contributed by atoms with Crippen molar-refractivity contribution in [1.29, 1.82) is 0 Å². The zero-order valence-corrected chi connectivity index (χ0v) is 67.4. The molecule has 0 aliphatic rings. The molecule has 576 valence electrons. The molecule has 0 aliphatic heterocycles. The molecule has 0 radical (unpaired) electrons. The molecule has 0 atom stereocenters. The first-order chi connectivity index (χ1) is 59.9. The van der Waals surface area contributed by atoms with E-state index in [1.54, 1.807) is 0 Å². The summed E-state index contributed by atoms with van der Waals surface area (Å²) in [6, 6.07) is 113. The molecule has 0 saturated heterocycles. The molecule has 24 rings (SSSR count). The topological polar surface area (TPSA) is 156 Å². The van der Waals surface area contributed by atoms with Gasteiger partial charge in [0.25, 0.3) is 0 Å². The second-order valence-corrected chi connectivity index (χ2v) is 32.1. The fourth-order valence-electron chi connectivity index (χ4n) is 18.3. The first-order valence-electron chi connectivity index (χ1n) is 41.1. The Kier molecular flexibility index (Phi) is 16.6. The zero-order chi connectivity index (χ0) is 81.5. The fourth-order valence-corrected chi connectivity index (χ4v) is 18.3. The summed E-state index contributed by atoms with van der Waals surface area (Å²) in [5.74, 6) is 3.67. The van der Waals surface area contributed by atoms with Crippen LogP contribution >= 0.6 is 0 Å². The molecule has 0 bridgehead atoms. The third-order valence-electron chi connectivity index (χ3n) is 23.6. The molecule has 8 heterocycles. The van der Waals surface area contributed by atoms with E-state index in [4.69, 9.17) is 57.5 Å². The molecule has 0 unspecified atom stereocenters. The minimum Gasteiger partial charge on any atom is -0.456 e. The first-order valence-corrected chi connectivity index (χ1v) is 41.1. The molecule has 24 aromatic rings. The lowest BCUT2D eigenvalue weighted by atomic mass is 9.88. The molecule has 12 heteroatoms. The fraction of sp³-hybridized carbons (Fsp3) is 0.0545. The molecule has 0 saturated carbocycles. The molecule has 0 aliphatic carbocycles. The first kappa shape index (κ1) is 71.4. The van der Waals surface area contributed by atoms with Crippen molar-refractivity contribution in [3.63, 3.8) is 0 Å². The molecule has 8 aromatic heterocycles. The van der Waals surface area contributed by atoms with Crippen LogP contribution < -0.4 is 0 Å². The van der Waals surface area contributed by atoms with Crippen LogP contribution in [0.25, 0.3) is 244 Å². The van der Waals surface area contributed by atoms with Crippen LogP contribution in [-0.4, -0.2) is 39.9 Å². The number of hydrogen-bond donors (Lipinski definition) is 0. The van der Waals surface area contributed by atoms with Gasteiger partial charge in [0.15, 0.2) is 34.9 Å². The highest BCUT2D eigenvalue weighted by Gasteiger charge is 2.29. The van der Waals surface area contributed by atoms with E-state index >= 15 is 0 Å². The number of fused-ring (bicyclic) bond motifs is 18. The van der Waals surface area contributed by atoms with Crippen molar-refractivity contribution in [3.05, 3.63) is 361 Å². The van der Waals surface area contributed by atoms with E-state index in [0.717, 1.165) is 232 Å². The van der Waals surface area contributed by atoms with Gasteiger partial charge in [-0.2, -0.15) is 0 Å². The maximum Gasteiger partial charge on any atom is 0.164 e. The van der Waals surface area contributed by atoms with Crippen LogP contribution in [0.1, 0.15) is 33.4 Å². The van der Waals surface area contributed by atoms with Gasteiger partial charge in [0, 0.05) is 142 Å². The maximum absolute atomic E-state index is 6.76. The predicted octanol–water partition coefficient (Wildman–Crippen LogP) is 29.3. The summed E-state index contributed by atoms with van der Waals surface area (Å²) in [7, 11) is 0. The lowest BCUT2D eigenvalue weighted by Gasteiger charge is -2.16. The number of benzene rings is 16. The van der Waals surface area contributed by atoms with Gasteiger partial charge in [-0.05, 0) is 126 Å². The van der Waals surface area contributed by atoms with Crippen molar-refractivity contribution in [2.75, 3.05) is 0 Å². The molecule has 122 heavy (non-hydrogen) atoms. The molecule has 12 nitrogen and oxygen atoms in total. The Labute approximate surface area is 699 Å². The quantitative estimate of drug-likeness (QED) is 0.120. The third kappa shape index (κ3) is 12.1. The molecular formula is C110H72N8O4. The van der Waals surface area contributed by atoms with E-state index in [1.165, 1.54) is 11.1 Å². The average molecular weight is 1570 g/mol. The number of aryl methyl sites for hydroxylation is 6. The zero-order valence-electron chi connectivity index (χ0n) is 67.4. The maximum atomic E-state index is 6.76. The Hall–Kier alpha value is -15.9. The Bertz CT molecular complexity index is 8310. The lowest BCUT2D eigenvalue weighted by Crippen LogP contribution is -2.01. The molecule has 0 amide bonds. The minimum atomic E-state index is 0.583. The monoisotopic (exact) mass is 1570 g/mol. The highest BCUT2D eigenvalue weighted by molar-refractivity contribution is 6.32. The number of furan rings is 4. The van der Waals surface area contributed by atoms with Crippen LogP contribution in [0, 0.1) is 41.5 Å². The van der Waals surface area contributed by atoms with E-state index in [1.807, 2.05) is 48.5 Å². The van der Waals surface area contributed by atoms with Crippen molar-refractivity contribution in [1.82, 2.24) is 39.9 Å². The number of nitrogens with zero attached hydrogens (tertiary/aromatic N) is 8. The highest BCUT2D eigenvalue weighted by Crippen LogP contribution is 2.52. The van der Waals surface area contributed by atoms with Gasteiger partial charge in [0.05, 0.1) is 22.4 Å². The van der Waals surface area contributed by atoms with Crippen molar-refractivity contribution in [3.8, 4) is 113 Å². The smallest absolute Gasteiger partial charge is 0.164 e. The largest absolute Gasteiger partial charge is 0.456 e. The number of hydrogen-bond acceptors (Lipinski definition) is 12. The van der Waals surface area contributed by atoms with Crippen LogP contribution in [0.2, 0.25) is 0 Å². The summed E-state index contributed by atoms with van der Waals surface area (Å²) in [6.45, 7) is 12.6. The van der Waals surface area contributed by atoms with Gasteiger partial charge in [-0.15, -0.1) is 0 Å². The Morgan fingerprint density at radius 1 is 0.180 bits per heavy atom. The number of para-hydroxylation sites is 8. The number of aromatic nitrogens is 8. The summed E-state index contributed by atoms with van der Waals surface area (Å²) in [6.07, 6.45) is 0. The van der Waals surface area contributed by atoms with Crippen molar-refractivity contribution in [2.45, 2.75) is 41.5 Å². The van der Waals surface area contributed by atoms with Gasteiger partial charge in [0.1, 0.15) is 44.7 Å². The SMILES string of the molecule is Cc1cc(C)cc(-c2nc(-c3cc(C)cc(C)c3)nc(-c3cccc(-c4nc5ccccc5c5c(-c6cccc7c6oc6ccccc67)c6c(cc45)oc4ccccc46)c3)n2)c1.Cc1ccc(-c2nc(-c3ccc(C)cc3)nc(-c3cccc(-c4nc5ccccc5c5c(-c6cccc7c6oc6ccccc67)c6c(cc45)oc4ccccc46)c3)n2)cc1. The summed E-state index contributed by atoms with van der Waals surface area (Å²) in [4.78, 5) is 41.5. The van der Waals surface area contributed by atoms with Crippen LogP contribution in [0.4, 0.5) is 0 Å². The van der Waals surface area contributed by atoms with Crippen LogP contribution in [-0.2, 0) is 0 Å². The second kappa shape index (κ2) is 28.4. The minimum absolute atomic E-state index is 0.583. The Morgan fingerprint density at radius 2 is 0.492 bits per heavy atom. The highest BCUT2D eigenvalue weighted by atomic mass is 16.3. The van der Waals surface area contributed by atoms with Gasteiger partial charge >= 0.3 is 0 Å². The van der Waals surface area contributed by atoms with E-state index in [2.05, 4.69) is 321 Å². The molecule has 0 spiro atoms. The van der Waals surface area contributed by atoms with E-state index in [-0.39, 0.29) is 0 Å². The summed E-state index contributed by atoms with van der Waals surface area (Å²) in [5.41, 5.74) is 28.5. The van der Waals surface area contributed by atoms with Gasteiger partial charge in [0.2, 0.25) is 0 Å². The van der Waals surface area contributed by atoms with Crippen LogP contribution in [0.3, 0.4) is 0 Å². The Morgan fingerprint density at radius 3 is 0.885 bits per heavy atom. The van der Waals surface area contributed by atoms with Gasteiger partial charge in [-0.25, -0.2) is 39.9 Å². The van der Waals surface area contributed by atoms with Gasteiger partial charge < -0.3 is 17.7 Å². The van der Waals surface area contributed by atoms with E-state index in [0.29, 0.717) is 34.9 Å². The third-order valence-corrected chi connectivity index (χ3v) is 23.6. The molecule has 0 N–H and O–H groups in total. The Balaban J connectivity index is 0.000000142. The number of rotatable bonds is 10. The van der Waals surface area contributed by atoms with Gasteiger partial charge in [-0.1, -0.05) is 276 Å². The van der Waals surface area contributed by atoms with Crippen molar-refractivity contribution >= 4 is 131 Å². The predicted molar refractivity (Wildman–Crippen MR) is 497 cm³/mol. The second-order valence-electron chi connectivity index (χ2n) is 32.1. The van der Waals surface area contributed by atoms with E-state index in [9.17, 15) is 0 Å². The summed E-state index contributed by atoms with van der Waals surface area (Å²) >= 11 is 0. The van der Waals surface area contributed by atoms with Gasteiger partial charge in [-0.3, -0.25) is 0 Å². The van der Waals surface area contributed by atoms with Crippen molar-refractivity contribution in [2.24, 2.45) is 0 Å². The summed E-state index contributed by atoms with van der Waals surface area (Å²) < 4.78 is 27.0. The number of pyridine rings is 2. The van der Waals surface area contributed by atoms with Crippen LogP contribution in [0.5, 0.6) is 0 Å². The van der Waals surface area contributed by atoms with Crippen molar-refractivity contribution < 1.29 is 17.7 Å². The molecule has 0 fully saturated rings. The van der Waals surface area contributed by atoms with E-state index < -0.39 is 0 Å². The standard InChI is InChI=1S/C56H38N4O2.C54H34N4O2/c1-31-23-32(2)26-37(25-31)55-58-54(59-56(60-55)38-27-33(3)24-34(4)28-38)36-14-11-13-35(29-36)52-44-30-48-50(42-17-7-10-22-47(42)61-48)51(49(44)41-16-5-8-20-45(41)57-52)43-19-12-18-40-39-15-6-9-21-46(39)62-53(40)43;1-31-21-25-33(26-22-31)52-56-53(34-27-23-32(2)24-28-34)58-54(57-52)36-12-9-11-35(29-36)50-42-30-46-48(40-15-5-8-20-45(40)59-46)49(47(42)39-14-3-6-18-43(39)55-50)41-17-10-16-38-37-13-4-7-19-44(37)60-51(38)41/h5-30H,1-4H3;3-30H,1-2H3. The molecule has 16 aromatic carbocycles. The summed E-state index contributed by atoms with van der Waals surface area (Å²) in [5, 5.41) is 14.7. The lowest BCUT2D eigenvalue weighted by molar-refractivity contribution is 0.668.